The van der Waals surface area contributed by atoms with Gasteiger partial charge in [-0.2, -0.15) is 0 Å². The van der Waals surface area contributed by atoms with Crippen LogP contribution in [0.5, 0.6) is 5.75 Å². The van der Waals surface area contributed by atoms with Crippen molar-refractivity contribution in [2.75, 3.05) is 4.90 Å². The van der Waals surface area contributed by atoms with Gasteiger partial charge < -0.3 is 4.74 Å². The number of aryl methyl sites for hydroxylation is 1. The van der Waals surface area contributed by atoms with E-state index in [0.717, 1.165) is 31.3 Å². The van der Waals surface area contributed by atoms with Gasteiger partial charge in [0.2, 0.25) is 0 Å². The Balaban J connectivity index is 1.38. The Kier molecular flexibility index (Phi) is 6.95. The second kappa shape index (κ2) is 10.3. The van der Waals surface area contributed by atoms with Crippen molar-refractivity contribution >= 4 is 72.2 Å². The van der Waals surface area contributed by atoms with Crippen molar-refractivity contribution < 1.29 is 19.1 Å². The molecule has 6 nitrogen and oxygen atoms in total. The number of amides is 4. The molecular weight excluding hydrogens is 600 g/mol. The zero-order valence-electron chi connectivity index (χ0n) is 19.6. The molecule has 184 valence electrons. The number of rotatable bonds is 5. The molecular formula is C29H20Br2N2O4. The lowest BCUT2D eigenvalue weighted by Gasteiger charge is -2.26. The van der Waals surface area contributed by atoms with Crippen LogP contribution in [0.15, 0.2) is 93.4 Å². The monoisotopic (exact) mass is 618 g/mol. The van der Waals surface area contributed by atoms with Crippen molar-refractivity contribution in [3.63, 3.8) is 0 Å². The molecule has 5 rings (SSSR count). The number of carbonyl (C=O) groups is 3. The van der Waals surface area contributed by atoms with Crippen LogP contribution in [0, 0.1) is 6.92 Å². The van der Waals surface area contributed by atoms with Gasteiger partial charge in [-0.1, -0.05) is 64.5 Å². The van der Waals surface area contributed by atoms with Crippen molar-refractivity contribution in [1.29, 1.82) is 0 Å². The summed E-state index contributed by atoms with van der Waals surface area (Å²) in [6.07, 6.45) is 1.46. The number of carbonyl (C=O) groups excluding carboxylic acids is 3. The molecule has 0 aliphatic carbocycles. The highest BCUT2D eigenvalue weighted by Crippen LogP contribution is 2.30. The molecule has 4 amide bonds. The first-order valence-electron chi connectivity index (χ1n) is 11.4. The summed E-state index contributed by atoms with van der Waals surface area (Å²) >= 11 is 6.94. The largest absolute Gasteiger partial charge is 0.488 e. The van der Waals surface area contributed by atoms with Crippen LogP contribution in [0.1, 0.15) is 16.7 Å². The standard InChI is InChI=1S/C29H20Br2N2O4/c1-17-13-21(10-11-24(17)30)33-28(35)23(27(34)32-29(33)36)14-18-9-12-26(25(31)15-18)37-16-20-7-4-6-19-5-2-3-8-22(19)20/h2-15H,16H2,1H3,(H,32,34,36)/b23-14+. The summed E-state index contributed by atoms with van der Waals surface area (Å²) in [5, 5.41) is 4.53. The molecule has 0 unspecified atom stereocenters. The number of fused-ring (bicyclic) bond motifs is 1. The summed E-state index contributed by atoms with van der Waals surface area (Å²) in [5.41, 5.74) is 2.75. The van der Waals surface area contributed by atoms with Gasteiger partial charge in [0, 0.05) is 4.47 Å². The quantitative estimate of drug-likeness (QED) is 0.194. The topological polar surface area (TPSA) is 75.7 Å². The summed E-state index contributed by atoms with van der Waals surface area (Å²) in [5.74, 6) is -0.813. The maximum absolute atomic E-state index is 13.2. The Morgan fingerprint density at radius 3 is 2.46 bits per heavy atom. The van der Waals surface area contributed by atoms with Gasteiger partial charge in [-0.15, -0.1) is 0 Å². The molecule has 37 heavy (non-hydrogen) atoms. The summed E-state index contributed by atoms with van der Waals surface area (Å²) < 4.78 is 7.57. The Morgan fingerprint density at radius 2 is 1.68 bits per heavy atom. The van der Waals surface area contributed by atoms with E-state index in [4.69, 9.17) is 4.74 Å². The van der Waals surface area contributed by atoms with E-state index < -0.39 is 17.8 Å². The second-order valence-electron chi connectivity index (χ2n) is 8.51. The van der Waals surface area contributed by atoms with Crippen LogP contribution in [0.4, 0.5) is 10.5 Å². The molecule has 1 aliphatic rings. The molecule has 0 radical (unpaired) electrons. The number of hydrogen-bond donors (Lipinski definition) is 1. The minimum atomic E-state index is -0.785. The minimum absolute atomic E-state index is 0.142. The van der Waals surface area contributed by atoms with Crippen LogP contribution in [0.2, 0.25) is 0 Å². The van der Waals surface area contributed by atoms with Crippen molar-refractivity contribution in [2.24, 2.45) is 0 Å². The maximum Gasteiger partial charge on any atom is 0.335 e. The molecule has 4 aromatic rings. The van der Waals surface area contributed by atoms with Crippen molar-refractivity contribution in [3.05, 3.63) is 110 Å². The van der Waals surface area contributed by atoms with E-state index in [1.807, 2.05) is 31.2 Å². The first-order valence-corrected chi connectivity index (χ1v) is 13.0. The highest BCUT2D eigenvalue weighted by atomic mass is 79.9. The highest BCUT2D eigenvalue weighted by Gasteiger charge is 2.37. The molecule has 1 fully saturated rings. The van der Waals surface area contributed by atoms with Crippen molar-refractivity contribution in [3.8, 4) is 5.75 Å². The van der Waals surface area contributed by atoms with Gasteiger partial charge >= 0.3 is 6.03 Å². The first kappa shape index (κ1) is 24.9. The Labute approximate surface area is 230 Å². The summed E-state index contributed by atoms with van der Waals surface area (Å²) in [7, 11) is 0. The number of anilines is 1. The van der Waals surface area contributed by atoms with Gasteiger partial charge in [-0.25, -0.2) is 9.69 Å². The van der Waals surface area contributed by atoms with Gasteiger partial charge in [0.1, 0.15) is 17.9 Å². The number of imide groups is 2. The SMILES string of the molecule is Cc1cc(N2C(=O)NC(=O)/C(=C\c3ccc(OCc4cccc5ccccc45)c(Br)c3)C2=O)ccc1Br. The number of nitrogens with one attached hydrogen (secondary N) is 1. The average Bonchev–Trinajstić information content (AvgIpc) is 2.88. The van der Waals surface area contributed by atoms with Crippen molar-refractivity contribution in [1.82, 2.24) is 5.32 Å². The number of halogens is 2. The Morgan fingerprint density at radius 1 is 0.892 bits per heavy atom. The van der Waals surface area contributed by atoms with Crippen LogP contribution in [-0.2, 0) is 16.2 Å². The van der Waals surface area contributed by atoms with E-state index in [-0.39, 0.29) is 5.57 Å². The number of hydrogen-bond acceptors (Lipinski definition) is 4. The smallest absolute Gasteiger partial charge is 0.335 e. The van der Waals surface area contributed by atoms with E-state index in [9.17, 15) is 14.4 Å². The molecule has 0 bridgehead atoms. The van der Waals surface area contributed by atoms with Crippen LogP contribution in [0.25, 0.3) is 16.8 Å². The number of urea groups is 1. The first-order chi connectivity index (χ1) is 17.8. The normalized spacial score (nSPS) is 14.8. The molecule has 0 saturated carbocycles. The Hall–Kier alpha value is -3.75. The molecule has 0 spiro atoms. The predicted molar refractivity (Wildman–Crippen MR) is 150 cm³/mol. The molecule has 1 aliphatic heterocycles. The third kappa shape index (κ3) is 5.08. The minimum Gasteiger partial charge on any atom is -0.488 e. The van der Waals surface area contributed by atoms with Crippen LogP contribution < -0.4 is 15.0 Å². The number of benzene rings is 4. The second-order valence-corrected chi connectivity index (χ2v) is 10.2. The van der Waals surface area contributed by atoms with E-state index in [0.29, 0.717) is 28.1 Å². The lowest BCUT2D eigenvalue weighted by atomic mass is 10.1. The molecule has 0 aromatic heterocycles. The van der Waals surface area contributed by atoms with Crippen LogP contribution in [-0.4, -0.2) is 17.8 Å². The van der Waals surface area contributed by atoms with Gasteiger partial charge in [0.05, 0.1) is 10.2 Å². The fourth-order valence-electron chi connectivity index (χ4n) is 4.12. The maximum atomic E-state index is 13.2. The lowest BCUT2D eigenvalue weighted by molar-refractivity contribution is -0.122. The number of ether oxygens (including phenoxy) is 1. The van der Waals surface area contributed by atoms with Gasteiger partial charge in [0.25, 0.3) is 11.8 Å². The summed E-state index contributed by atoms with van der Waals surface area (Å²) in [6.45, 7) is 2.23. The molecule has 1 N–H and O–H groups in total. The van der Waals surface area contributed by atoms with E-state index >= 15 is 0 Å². The number of barbiturate groups is 1. The summed E-state index contributed by atoms with van der Waals surface area (Å²) in [6, 6.07) is 23.8. The van der Waals surface area contributed by atoms with E-state index in [1.54, 1.807) is 36.4 Å². The van der Waals surface area contributed by atoms with Crippen molar-refractivity contribution in [2.45, 2.75) is 13.5 Å². The number of nitrogens with zero attached hydrogens (tertiary/aromatic N) is 1. The molecule has 1 heterocycles. The van der Waals surface area contributed by atoms with Gasteiger partial charge in [0.15, 0.2) is 0 Å². The average molecular weight is 620 g/mol. The third-order valence-electron chi connectivity index (χ3n) is 6.03. The van der Waals surface area contributed by atoms with Crippen LogP contribution in [0.3, 0.4) is 0 Å². The highest BCUT2D eigenvalue weighted by molar-refractivity contribution is 9.10. The zero-order valence-corrected chi connectivity index (χ0v) is 22.8. The fraction of sp³-hybridized carbons (Fsp3) is 0.0690. The van der Waals surface area contributed by atoms with Crippen LogP contribution >= 0.6 is 31.9 Å². The summed E-state index contributed by atoms with van der Waals surface area (Å²) in [4.78, 5) is 39.2. The third-order valence-corrected chi connectivity index (χ3v) is 7.54. The van der Waals surface area contributed by atoms with Gasteiger partial charge in [-0.05, 0) is 86.7 Å². The van der Waals surface area contributed by atoms with Gasteiger partial charge in [-0.3, -0.25) is 14.9 Å². The molecule has 4 aromatic carbocycles. The molecule has 1 saturated heterocycles. The lowest BCUT2D eigenvalue weighted by Crippen LogP contribution is -2.54. The predicted octanol–water partition coefficient (Wildman–Crippen LogP) is 6.92. The Bertz CT molecular complexity index is 1610. The zero-order chi connectivity index (χ0) is 26.1. The van der Waals surface area contributed by atoms with E-state index in [2.05, 4.69) is 55.4 Å². The molecule has 8 heteroatoms. The van der Waals surface area contributed by atoms with E-state index in [1.165, 1.54) is 6.08 Å². The molecule has 0 atom stereocenters. The fourth-order valence-corrected chi connectivity index (χ4v) is 4.88.